The number of carbonyl (C=O) groups excluding carboxylic acids is 1. The number of pyridine rings is 1. The maximum absolute atomic E-state index is 11.7. The van der Waals surface area contributed by atoms with Gasteiger partial charge < -0.3 is 15.2 Å². The Balaban J connectivity index is 1.23. The zero-order chi connectivity index (χ0) is 24.6. The highest BCUT2D eigenvalue weighted by atomic mass is 16.5. The van der Waals surface area contributed by atoms with Gasteiger partial charge in [-0.05, 0) is 117 Å². The molecule has 4 saturated carbocycles. The Morgan fingerprint density at radius 1 is 1.14 bits per heavy atom. The summed E-state index contributed by atoms with van der Waals surface area (Å²) in [6.45, 7) is 5.82. The number of aliphatic hydroxyl groups is 1. The van der Waals surface area contributed by atoms with Crippen molar-refractivity contribution in [3.8, 4) is 0 Å². The van der Waals surface area contributed by atoms with Crippen LogP contribution < -0.4 is 5.32 Å². The Labute approximate surface area is 211 Å². The number of nitrogens with one attached hydrogen (secondary N) is 1. The molecule has 35 heavy (non-hydrogen) atoms. The number of methoxy groups -OCH3 is 1. The summed E-state index contributed by atoms with van der Waals surface area (Å²) < 4.78 is 4.85. The lowest BCUT2D eigenvalue weighted by Gasteiger charge is -2.62. The average molecular weight is 483 g/mol. The van der Waals surface area contributed by atoms with Gasteiger partial charge in [0, 0.05) is 25.2 Å². The number of ether oxygens (including phenoxy) is 1. The zero-order valence-electron chi connectivity index (χ0n) is 22.0. The summed E-state index contributed by atoms with van der Waals surface area (Å²) in [6, 6.07) is 6.73. The maximum Gasteiger partial charge on any atom is 0.305 e. The van der Waals surface area contributed by atoms with Crippen molar-refractivity contribution in [2.45, 2.75) is 103 Å². The topological polar surface area (TPSA) is 71.5 Å². The normalized spacial score (nSPS) is 42.6. The van der Waals surface area contributed by atoms with Crippen LogP contribution in [0.2, 0.25) is 0 Å². The molecule has 0 aromatic carbocycles. The van der Waals surface area contributed by atoms with Crippen molar-refractivity contribution >= 4 is 5.97 Å². The molecule has 0 radical (unpaired) electrons. The minimum absolute atomic E-state index is 0.0158. The molecule has 4 aliphatic carbocycles. The molecule has 0 amide bonds. The highest BCUT2D eigenvalue weighted by Gasteiger charge is 2.63. The van der Waals surface area contributed by atoms with Crippen LogP contribution in [0.3, 0.4) is 0 Å². The summed E-state index contributed by atoms with van der Waals surface area (Å²) in [5.74, 6) is 3.23. The van der Waals surface area contributed by atoms with Crippen molar-refractivity contribution < 1.29 is 14.6 Å². The van der Waals surface area contributed by atoms with Gasteiger partial charge in [0.2, 0.25) is 0 Å². The SMILES string of the molecule is COC(=O)CCC[C@H]1CCC2C3CC[C@H]4C[C@@H](NCc5ccccn5)CC[C@]4(C)C3C[C@H](O)[C@@]21C. The van der Waals surface area contributed by atoms with E-state index in [1.54, 1.807) is 0 Å². The van der Waals surface area contributed by atoms with Crippen molar-refractivity contribution in [1.29, 1.82) is 0 Å². The quantitative estimate of drug-likeness (QED) is 0.501. The molecule has 4 fully saturated rings. The molecule has 1 aromatic rings. The molecule has 5 nitrogen and oxygen atoms in total. The molecule has 1 heterocycles. The highest BCUT2D eigenvalue weighted by Crippen LogP contribution is 2.67. The second-order valence-corrected chi connectivity index (χ2v) is 12.7. The van der Waals surface area contributed by atoms with Gasteiger partial charge in [0.05, 0.1) is 18.9 Å². The predicted octanol–water partition coefficient (Wildman–Crippen LogP) is 5.51. The fraction of sp³-hybridized carbons (Fsp3) is 0.800. The number of fused-ring (bicyclic) bond motifs is 5. The lowest BCUT2D eigenvalue weighted by Crippen LogP contribution is -2.59. The first-order valence-electron chi connectivity index (χ1n) is 14.2. The number of hydrogen-bond donors (Lipinski definition) is 2. The largest absolute Gasteiger partial charge is 0.469 e. The summed E-state index contributed by atoms with van der Waals surface area (Å²) in [7, 11) is 1.47. The zero-order valence-corrected chi connectivity index (χ0v) is 22.0. The molecule has 0 spiro atoms. The predicted molar refractivity (Wildman–Crippen MR) is 137 cm³/mol. The van der Waals surface area contributed by atoms with Gasteiger partial charge >= 0.3 is 5.97 Å². The fourth-order valence-corrected chi connectivity index (χ4v) is 9.35. The maximum atomic E-state index is 11.7. The first-order chi connectivity index (χ1) is 16.9. The molecule has 194 valence electrons. The summed E-state index contributed by atoms with van der Waals surface area (Å²) >= 11 is 0. The number of hydrogen-bond acceptors (Lipinski definition) is 5. The molecule has 9 atom stereocenters. The van der Waals surface area contributed by atoms with Crippen molar-refractivity contribution in [2.24, 2.45) is 40.4 Å². The third-order valence-electron chi connectivity index (χ3n) is 11.4. The number of carbonyl (C=O) groups is 1. The second-order valence-electron chi connectivity index (χ2n) is 12.7. The van der Waals surface area contributed by atoms with Gasteiger partial charge in [-0.2, -0.15) is 0 Å². The summed E-state index contributed by atoms with van der Waals surface area (Å²) in [5, 5.41) is 15.5. The van der Waals surface area contributed by atoms with Gasteiger partial charge in [-0.25, -0.2) is 0 Å². The van der Waals surface area contributed by atoms with Gasteiger partial charge in [-0.1, -0.05) is 19.9 Å². The van der Waals surface area contributed by atoms with Gasteiger partial charge in [-0.15, -0.1) is 0 Å². The van der Waals surface area contributed by atoms with E-state index >= 15 is 0 Å². The van der Waals surface area contributed by atoms with Crippen LogP contribution in [0, 0.1) is 40.4 Å². The Kier molecular flexibility index (Phi) is 7.29. The Bertz CT molecular complexity index is 878. The monoisotopic (exact) mass is 482 g/mol. The molecular weight excluding hydrogens is 436 g/mol. The summed E-state index contributed by atoms with van der Waals surface area (Å²) in [5.41, 5.74) is 1.50. The average Bonchev–Trinajstić information content (AvgIpc) is 3.21. The fourth-order valence-electron chi connectivity index (χ4n) is 9.35. The van der Waals surface area contributed by atoms with Gasteiger partial charge in [-0.3, -0.25) is 9.78 Å². The van der Waals surface area contributed by atoms with Crippen LogP contribution in [0.15, 0.2) is 24.4 Å². The third-order valence-corrected chi connectivity index (χ3v) is 11.4. The van der Waals surface area contributed by atoms with E-state index < -0.39 is 0 Å². The molecule has 5 rings (SSSR count). The minimum atomic E-state index is -0.213. The van der Waals surface area contributed by atoms with E-state index in [1.165, 1.54) is 52.1 Å². The number of nitrogens with zero attached hydrogens (tertiary/aromatic N) is 1. The molecular formula is C30H46N2O3. The number of esters is 1. The minimum Gasteiger partial charge on any atom is -0.469 e. The molecule has 2 N–H and O–H groups in total. The second kappa shape index (κ2) is 10.1. The van der Waals surface area contributed by atoms with Crippen LogP contribution in [-0.2, 0) is 16.1 Å². The smallest absolute Gasteiger partial charge is 0.305 e. The van der Waals surface area contributed by atoms with E-state index in [4.69, 9.17) is 4.74 Å². The molecule has 0 saturated heterocycles. The Hall–Kier alpha value is -1.46. The van der Waals surface area contributed by atoms with Crippen molar-refractivity contribution in [1.82, 2.24) is 10.3 Å². The molecule has 1 aromatic heterocycles. The van der Waals surface area contributed by atoms with Crippen LogP contribution >= 0.6 is 0 Å². The van der Waals surface area contributed by atoms with Crippen LogP contribution in [0.25, 0.3) is 0 Å². The third kappa shape index (κ3) is 4.56. The first-order valence-corrected chi connectivity index (χ1v) is 14.2. The van der Waals surface area contributed by atoms with E-state index in [0.717, 1.165) is 43.3 Å². The first kappa shape index (κ1) is 25.2. The Morgan fingerprint density at radius 2 is 2.00 bits per heavy atom. The standard InChI is InChI=1S/C30H46N2O3/c1-29-15-14-22(32-19-23-8-4-5-16-31-23)17-21(29)10-12-24-25-13-11-20(7-6-9-28(34)35-3)30(25,2)27(33)18-26(24)29/h4-5,8,16,20-22,24-27,32-33H,6-7,9-15,17-19H2,1-3H3/t20-,21-,22-,24?,25?,26?,27-,29-,30+/m0/s1. The highest BCUT2D eigenvalue weighted by molar-refractivity contribution is 5.68. The van der Waals surface area contributed by atoms with Crippen molar-refractivity contribution in [3.05, 3.63) is 30.1 Å². The Morgan fingerprint density at radius 3 is 2.77 bits per heavy atom. The van der Waals surface area contributed by atoms with Gasteiger partial charge in [0.1, 0.15) is 0 Å². The van der Waals surface area contributed by atoms with Crippen LogP contribution in [-0.4, -0.2) is 35.3 Å². The number of aromatic nitrogens is 1. The van der Waals surface area contributed by atoms with Crippen molar-refractivity contribution in [2.75, 3.05) is 7.11 Å². The van der Waals surface area contributed by atoms with E-state index in [9.17, 15) is 9.90 Å². The molecule has 0 aliphatic heterocycles. The van der Waals surface area contributed by atoms with Gasteiger partial charge in [0.25, 0.3) is 0 Å². The van der Waals surface area contributed by atoms with Crippen LogP contribution in [0.5, 0.6) is 0 Å². The van der Waals surface area contributed by atoms with Crippen LogP contribution in [0.4, 0.5) is 0 Å². The summed E-state index contributed by atoms with van der Waals surface area (Å²) in [6.07, 6.45) is 14.0. The van der Waals surface area contributed by atoms with Gasteiger partial charge in [0.15, 0.2) is 0 Å². The molecule has 5 heteroatoms. The number of aliphatic hydroxyl groups excluding tert-OH is 1. The van der Waals surface area contributed by atoms with E-state index in [1.807, 2.05) is 12.3 Å². The van der Waals surface area contributed by atoms with E-state index in [-0.39, 0.29) is 17.5 Å². The van der Waals surface area contributed by atoms with Crippen LogP contribution in [0.1, 0.15) is 90.2 Å². The van der Waals surface area contributed by atoms with Crippen molar-refractivity contribution in [3.63, 3.8) is 0 Å². The lowest BCUT2D eigenvalue weighted by atomic mass is 9.44. The molecule has 3 unspecified atom stereocenters. The lowest BCUT2D eigenvalue weighted by molar-refractivity contribution is -0.166. The van der Waals surface area contributed by atoms with E-state index in [0.29, 0.717) is 35.6 Å². The molecule has 4 aliphatic rings. The van der Waals surface area contributed by atoms with E-state index in [2.05, 4.69) is 36.3 Å². The summed E-state index contributed by atoms with van der Waals surface area (Å²) in [4.78, 5) is 16.1. The molecule has 0 bridgehead atoms. The number of rotatable bonds is 7.